The Morgan fingerprint density at radius 1 is 1.41 bits per heavy atom. The Labute approximate surface area is 171 Å². The summed E-state index contributed by atoms with van der Waals surface area (Å²) in [7, 11) is -3.43. The van der Waals surface area contributed by atoms with E-state index < -0.39 is 56.8 Å². The smallest absolute Gasteiger partial charge is 0.328 e. The summed E-state index contributed by atoms with van der Waals surface area (Å²) >= 11 is 5.66. The summed E-state index contributed by atoms with van der Waals surface area (Å²) in [5.41, 5.74) is 1.79. The van der Waals surface area contributed by atoms with Crippen molar-refractivity contribution < 1.29 is 38.1 Å². The number of nitrogens with zero attached hydrogens (tertiary/aromatic N) is 2. The molecule has 1 heterocycles. The van der Waals surface area contributed by atoms with Crippen molar-refractivity contribution in [3.05, 3.63) is 22.7 Å². The van der Waals surface area contributed by atoms with Gasteiger partial charge in [-0.2, -0.15) is 5.10 Å². The molecule has 2 amide bonds. The van der Waals surface area contributed by atoms with Gasteiger partial charge >= 0.3 is 5.97 Å². The van der Waals surface area contributed by atoms with Gasteiger partial charge in [0.05, 0.1) is 5.02 Å². The number of likely N-dealkylation sites (tertiary alicyclic amines) is 1. The summed E-state index contributed by atoms with van der Waals surface area (Å²) in [6.45, 7) is 2.64. The van der Waals surface area contributed by atoms with E-state index in [-0.39, 0.29) is 17.0 Å². The highest BCUT2D eigenvalue weighted by atomic mass is 35.5. The number of hydrogen-bond acceptors (Lipinski definition) is 8. The number of phenolic OH excluding ortho intramolecular Hbond substituents is 2. The topological polar surface area (TPSA) is 174 Å². The lowest BCUT2D eigenvalue weighted by atomic mass is 9.92. The van der Waals surface area contributed by atoms with Gasteiger partial charge in [-0.3, -0.25) is 9.59 Å². The molecule has 4 N–H and O–H groups in total. The molecular weight excluding hydrogens is 430 g/mol. The number of hydrazone groups is 1. The first kappa shape index (κ1) is 22.4. The molecular formula is C16H18ClN3O8S. The zero-order chi connectivity index (χ0) is 22.1. The van der Waals surface area contributed by atoms with Gasteiger partial charge in [0.2, 0.25) is 5.91 Å². The van der Waals surface area contributed by atoms with Crippen molar-refractivity contribution in [3.8, 4) is 11.5 Å². The van der Waals surface area contributed by atoms with Crippen LogP contribution in [0.1, 0.15) is 30.6 Å². The monoisotopic (exact) mass is 447 g/mol. The average Bonchev–Trinajstić information content (AvgIpc) is 2.62. The molecule has 0 spiro atoms. The van der Waals surface area contributed by atoms with Crippen LogP contribution in [-0.4, -0.2) is 69.5 Å². The minimum absolute atomic E-state index is 0.0917. The highest BCUT2D eigenvalue weighted by Gasteiger charge is 2.52. The van der Waals surface area contributed by atoms with Crippen LogP contribution in [-0.2, 0) is 20.3 Å². The number of carboxylic acid groups (broad SMARTS) is 1. The molecule has 2 rings (SSSR count). The van der Waals surface area contributed by atoms with Gasteiger partial charge in [0.15, 0.2) is 28.2 Å². The SMILES string of the molecule is C[C@@H]1CC(=O)N1[C@@H](C(=O)O)[C@](C)(/C=N/NC(=O)c1cc(O)c(O)c(Cl)c1)[SH](=O)=O. The van der Waals surface area contributed by atoms with Crippen LogP contribution >= 0.6 is 11.6 Å². The second kappa shape index (κ2) is 8.25. The van der Waals surface area contributed by atoms with E-state index in [0.29, 0.717) is 0 Å². The average molecular weight is 448 g/mol. The normalized spacial score (nSPS) is 19.7. The van der Waals surface area contributed by atoms with E-state index in [1.54, 1.807) is 6.92 Å². The molecule has 0 aromatic heterocycles. The Hall–Kier alpha value is -2.86. The van der Waals surface area contributed by atoms with Crippen LogP contribution in [0.15, 0.2) is 17.2 Å². The number of aromatic hydroxyl groups is 2. The Balaban J connectivity index is 2.29. The lowest BCUT2D eigenvalue weighted by Gasteiger charge is -2.45. The van der Waals surface area contributed by atoms with Crippen molar-refractivity contribution >= 4 is 46.3 Å². The van der Waals surface area contributed by atoms with Crippen molar-refractivity contribution in [2.24, 2.45) is 5.10 Å². The first-order valence-electron chi connectivity index (χ1n) is 8.14. The molecule has 1 aliphatic rings. The number of hydrogen-bond donors (Lipinski definition) is 5. The summed E-state index contributed by atoms with van der Waals surface area (Å²) < 4.78 is 21.6. The van der Waals surface area contributed by atoms with Gasteiger partial charge in [0, 0.05) is 24.2 Å². The Kier molecular flexibility index (Phi) is 6.38. The molecule has 0 saturated carbocycles. The molecule has 11 nitrogen and oxygen atoms in total. The van der Waals surface area contributed by atoms with Crippen molar-refractivity contribution in [1.82, 2.24) is 10.3 Å². The molecule has 0 radical (unpaired) electrons. The predicted molar refractivity (Wildman–Crippen MR) is 102 cm³/mol. The number of β-lactam (4-membered cyclic amide) rings is 1. The van der Waals surface area contributed by atoms with Crippen molar-refractivity contribution in [2.45, 2.75) is 37.1 Å². The Morgan fingerprint density at radius 3 is 2.48 bits per heavy atom. The fourth-order valence-electron chi connectivity index (χ4n) is 2.86. The summed E-state index contributed by atoms with van der Waals surface area (Å²) in [5, 5.41) is 31.6. The lowest BCUT2D eigenvalue weighted by molar-refractivity contribution is -0.161. The van der Waals surface area contributed by atoms with E-state index in [4.69, 9.17) is 11.6 Å². The van der Waals surface area contributed by atoms with Gasteiger partial charge in [-0.25, -0.2) is 18.6 Å². The summed E-state index contributed by atoms with van der Waals surface area (Å²) in [4.78, 5) is 36.6. The number of carboxylic acids is 1. The zero-order valence-electron chi connectivity index (χ0n) is 15.2. The number of amides is 2. The van der Waals surface area contributed by atoms with Crippen LogP contribution in [0.5, 0.6) is 11.5 Å². The summed E-state index contributed by atoms with van der Waals surface area (Å²) in [5.74, 6) is -4.25. The van der Waals surface area contributed by atoms with Gasteiger partial charge in [-0.05, 0) is 26.0 Å². The lowest BCUT2D eigenvalue weighted by Crippen LogP contribution is -2.66. The molecule has 1 aromatic carbocycles. The number of aliphatic carboxylic acids is 1. The quantitative estimate of drug-likeness (QED) is 0.127. The molecule has 1 aromatic rings. The molecule has 1 aliphatic heterocycles. The van der Waals surface area contributed by atoms with E-state index in [9.17, 15) is 38.1 Å². The molecule has 0 aliphatic carbocycles. The second-order valence-corrected chi connectivity index (χ2v) is 8.49. The van der Waals surface area contributed by atoms with E-state index in [1.807, 2.05) is 5.43 Å². The van der Waals surface area contributed by atoms with Gasteiger partial charge in [0.25, 0.3) is 5.91 Å². The maximum Gasteiger partial charge on any atom is 0.328 e. The molecule has 0 unspecified atom stereocenters. The number of halogens is 1. The molecule has 158 valence electrons. The number of carbonyl (C=O) groups is 3. The van der Waals surface area contributed by atoms with Gasteiger partial charge in [-0.1, -0.05) is 11.6 Å². The van der Waals surface area contributed by atoms with Crippen LogP contribution in [0, 0.1) is 0 Å². The van der Waals surface area contributed by atoms with Gasteiger partial charge < -0.3 is 20.2 Å². The maximum absolute atomic E-state index is 12.1. The molecule has 29 heavy (non-hydrogen) atoms. The number of carbonyl (C=O) groups excluding carboxylic acids is 2. The van der Waals surface area contributed by atoms with Crippen molar-refractivity contribution in [1.29, 1.82) is 0 Å². The van der Waals surface area contributed by atoms with Gasteiger partial charge in [-0.15, -0.1) is 0 Å². The zero-order valence-corrected chi connectivity index (χ0v) is 16.8. The molecule has 0 bridgehead atoms. The molecule has 3 atom stereocenters. The van der Waals surface area contributed by atoms with Crippen LogP contribution in [0.4, 0.5) is 0 Å². The van der Waals surface area contributed by atoms with E-state index >= 15 is 0 Å². The van der Waals surface area contributed by atoms with Crippen LogP contribution in [0.3, 0.4) is 0 Å². The Bertz CT molecular complexity index is 948. The number of nitrogens with one attached hydrogen (secondary N) is 1. The second-order valence-electron chi connectivity index (χ2n) is 6.60. The third-order valence-corrected chi connectivity index (χ3v) is 5.92. The number of thiol groups is 1. The molecule has 1 fully saturated rings. The predicted octanol–water partition coefficient (Wildman–Crippen LogP) is -0.0891. The largest absolute Gasteiger partial charge is 0.504 e. The van der Waals surface area contributed by atoms with Crippen LogP contribution in [0.2, 0.25) is 5.02 Å². The Morgan fingerprint density at radius 2 is 2.03 bits per heavy atom. The number of rotatable bonds is 7. The third kappa shape index (κ3) is 4.27. The molecule has 13 heteroatoms. The third-order valence-electron chi connectivity index (χ3n) is 4.49. The van der Waals surface area contributed by atoms with Crippen LogP contribution < -0.4 is 5.43 Å². The molecule has 1 saturated heterocycles. The minimum atomic E-state index is -3.43. The highest BCUT2D eigenvalue weighted by Crippen LogP contribution is 2.34. The first-order chi connectivity index (χ1) is 13.4. The fraction of sp³-hybridized carbons (Fsp3) is 0.375. The standard InChI is InChI=1S/C16H18ClN3O8S/c1-7-3-11(22)20(7)13(15(25)26)16(2,29(27)28)6-18-19-14(24)8-4-9(17)12(23)10(21)5-8/h4-7,13,21,23,29H,3H2,1-2H3,(H,19,24)(H,25,26)/b18-6+/t7-,13+,16+/m1/s1. The van der Waals surface area contributed by atoms with Crippen LogP contribution in [0.25, 0.3) is 0 Å². The van der Waals surface area contributed by atoms with Crippen molar-refractivity contribution in [3.63, 3.8) is 0 Å². The first-order valence-corrected chi connectivity index (χ1v) is 9.70. The maximum atomic E-state index is 12.1. The summed E-state index contributed by atoms with van der Waals surface area (Å²) in [6, 6.07) is -0.273. The van der Waals surface area contributed by atoms with Crippen molar-refractivity contribution in [2.75, 3.05) is 0 Å². The summed E-state index contributed by atoms with van der Waals surface area (Å²) in [6.07, 6.45) is 0.810. The van der Waals surface area contributed by atoms with E-state index in [2.05, 4.69) is 5.10 Å². The van der Waals surface area contributed by atoms with E-state index in [1.165, 1.54) is 0 Å². The number of benzene rings is 1. The fourth-order valence-corrected chi connectivity index (χ4v) is 3.66. The number of phenols is 2. The highest BCUT2D eigenvalue weighted by molar-refractivity contribution is 7.75. The van der Waals surface area contributed by atoms with E-state index in [0.717, 1.165) is 30.2 Å². The minimum Gasteiger partial charge on any atom is -0.504 e. The van der Waals surface area contributed by atoms with Gasteiger partial charge in [0.1, 0.15) is 4.75 Å².